The largest absolute Gasteiger partial charge is 0.478 e. The highest BCUT2D eigenvalue weighted by Crippen LogP contribution is 2.35. The van der Waals surface area contributed by atoms with Crippen molar-refractivity contribution in [1.82, 2.24) is 10.1 Å². The standard InChI is InChI=1S/C23H17FN2O3S/c1-13-5-3-4-6-16(13)17-9-8-15(12-20(17)30-2)22-25-21(26-29-22)14-7-10-18(23(27)28)19(24)11-14/h3-12H,1-2H3,(H,27,28). The van der Waals surface area contributed by atoms with Crippen molar-refractivity contribution in [3.8, 4) is 34.0 Å². The van der Waals surface area contributed by atoms with Gasteiger partial charge in [0, 0.05) is 16.0 Å². The van der Waals surface area contributed by atoms with Crippen molar-refractivity contribution in [2.24, 2.45) is 0 Å². The fourth-order valence-corrected chi connectivity index (χ4v) is 3.85. The van der Waals surface area contributed by atoms with Gasteiger partial charge in [0.25, 0.3) is 5.89 Å². The Kier molecular flexibility index (Phi) is 5.37. The second-order valence-electron chi connectivity index (χ2n) is 6.65. The zero-order valence-electron chi connectivity index (χ0n) is 16.2. The van der Waals surface area contributed by atoms with Gasteiger partial charge in [-0.15, -0.1) is 11.8 Å². The van der Waals surface area contributed by atoms with Gasteiger partial charge in [0.05, 0.1) is 5.56 Å². The molecule has 0 unspecified atom stereocenters. The van der Waals surface area contributed by atoms with Gasteiger partial charge in [-0.3, -0.25) is 0 Å². The molecule has 1 aromatic heterocycles. The smallest absolute Gasteiger partial charge is 0.338 e. The molecule has 1 N–H and O–H groups in total. The molecule has 0 aliphatic heterocycles. The minimum Gasteiger partial charge on any atom is -0.478 e. The van der Waals surface area contributed by atoms with Crippen molar-refractivity contribution in [3.05, 3.63) is 77.6 Å². The Bertz CT molecular complexity index is 1250. The molecule has 0 saturated heterocycles. The van der Waals surface area contributed by atoms with Crippen LogP contribution in [0.1, 0.15) is 15.9 Å². The molecule has 0 fully saturated rings. The van der Waals surface area contributed by atoms with Crippen LogP contribution in [0.25, 0.3) is 34.0 Å². The normalized spacial score (nSPS) is 10.9. The number of carboxylic acids is 1. The van der Waals surface area contributed by atoms with Crippen LogP contribution >= 0.6 is 11.8 Å². The molecule has 0 radical (unpaired) electrons. The number of halogens is 1. The highest BCUT2D eigenvalue weighted by molar-refractivity contribution is 7.98. The third-order valence-corrected chi connectivity index (χ3v) is 5.55. The molecule has 4 aromatic rings. The van der Waals surface area contributed by atoms with E-state index in [2.05, 4.69) is 29.2 Å². The number of carbonyl (C=O) groups is 1. The van der Waals surface area contributed by atoms with Crippen LogP contribution in [-0.4, -0.2) is 27.5 Å². The summed E-state index contributed by atoms with van der Waals surface area (Å²) in [6, 6.07) is 17.8. The number of nitrogens with zero attached hydrogens (tertiary/aromatic N) is 2. The summed E-state index contributed by atoms with van der Waals surface area (Å²) in [7, 11) is 0. The maximum atomic E-state index is 14.0. The molecule has 0 aliphatic carbocycles. The molecule has 0 atom stereocenters. The van der Waals surface area contributed by atoms with Gasteiger partial charge in [-0.05, 0) is 60.2 Å². The summed E-state index contributed by atoms with van der Waals surface area (Å²) in [5.74, 6) is -1.68. The second kappa shape index (κ2) is 8.12. The Morgan fingerprint density at radius 2 is 1.80 bits per heavy atom. The summed E-state index contributed by atoms with van der Waals surface area (Å²) in [6.45, 7) is 2.08. The molecule has 3 aromatic carbocycles. The molecule has 1 heterocycles. The molecule has 0 spiro atoms. The van der Waals surface area contributed by atoms with Crippen LogP contribution in [0.4, 0.5) is 4.39 Å². The minimum atomic E-state index is -1.33. The van der Waals surface area contributed by atoms with Crippen LogP contribution in [0.3, 0.4) is 0 Å². The molecule has 0 amide bonds. The maximum Gasteiger partial charge on any atom is 0.338 e. The van der Waals surface area contributed by atoms with Gasteiger partial charge in [0.1, 0.15) is 5.82 Å². The van der Waals surface area contributed by atoms with Crippen LogP contribution in [0.5, 0.6) is 0 Å². The van der Waals surface area contributed by atoms with Crippen molar-refractivity contribution in [2.45, 2.75) is 11.8 Å². The number of rotatable bonds is 5. The average Bonchev–Trinajstić information content (AvgIpc) is 3.24. The van der Waals surface area contributed by atoms with Gasteiger partial charge in [-0.2, -0.15) is 4.98 Å². The third kappa shape index (κ3) is 3.71. The number of aryl methyl sites for hydroxylation is 1. The molecular formula is C23H17FN2O3S. The number of hydrogen-bond donors (Lipinski definition) is 1. The van der Waals surface area contributed by atoms with Crippen molar-refractivity contribution < 1.29 is 18.8 Å². The summed E-state index contributed by atoms with van der Waals surface area (Å²) in [6.07, 6.45) is 2.01. The SMILES string of the molecule is CSc1cc(-c2nc(-c3ccc(C(=O)O)c(F)c3)no2)ccc1-c1ccccc1C. The molecule has 5 nitrogen and oxygen atoms in total. The first-order chi connectivity index (χ1) is 14.5. The second-order valence-corrected chi connectivity index (χ2v) is 7.50. The van der Waals surface area contributed by atoms with Gasteiger partial charge in [0.2, 0.25) is 5.82 Å². The summed E-state index contributed by atoms with van der Waals surface area (Å²) >= 11 is 1.62. The van der Waals surface area contributed by atoms with Crippen molar-refractivity contribution in [1.29, 1.82) is 0 Å². The lowest BCUT2D eigenvalue weighted by atomic mass is 9.99. The van der Waals surface area contributed by atoms with Gasteiger partial charge < -0.3 is 9.63 Å². The van der Waals surface area contributed by atoms with Crippen LogP contribution in [0, 0.1) is 12.7 Å². The lowest BCUT2D eigenvalue weighted by Crippen LogP contribution is -2.00. The van der Waals surface area contributed by atoms with Gasteiger partial charge in [-0.25, -0.2) is 9.18 Å². The Labute approximate surface area is 176 Å². The quantitative estimate of drug-likeness (QED) is 0.403. The number of thioether (sulfide) groups is 1. The summed E-state index contributed by atoms with van der Waals surface area (Å²) in [5, 5.41) is 12.9. The number of aromatic nitrogens is 2. The van der Waals surface area contributed by atoms with E-state index in [0.717, 1.165) is 27.7 Å². The van der Waals surface area contributed by atoms with Crippen LogP contribution in [-0.2, 0) is 0 Å². The highest BCUT2D eigenvalue weighted by Gasteiger charge is 2.16. The summed E-state index contributed by atoms with van der Waals surface area (Å²) < 4.78 is 19.4. The van der Waals surface area contributed by atoms with E-state index in [1.165, 1.54) is 17.7 Å². The Morgan fingerprint density at radius 3 is 2.50 bits per heavy atom. The maximum absolute atomic E-state index is 14.0. The molecular weight excluding hydrogens is 403 g/mol. The monoisotopic (exact) mass is 420 g/mol. The van der Waals surface area contributed by atoms with E-state index in [1.807, 2.05) is 36.6 Å². The molecule has 150 valence electrons. The lowest BCUT2D eigenvalue weighted by molar-refractivity contribution is 0.0692. The van der Waals surface area contributed by atoms with Crippen molar-refractivity contribution in [3.63, 3.8) is 0 Å². The first-order valence-corrected chi connectivity index (χ1v) is 10.3. The number of carboxylic acid groups (broad SMARTS) is 1. The molecule has 0 bridgehead atoms. The Morgan fingerprint density at radius 1 is 1.03 bits per heavy atom. The first-order valence-electron chi connectivity index (χ1n) is 9.09. The average molecular weight is 420 g/mol. The van der Waals surface area contributed by atoms with Crippen molar-refractivity contribution >= 4 is 17.7 Å². The zero-order chi connectivity index (χ0) is 21.3. The summed E-state index contributed by atoms with van der Waals surface area (Å²) in [4.78, 5) is 16.4. The third-order valence-electron chi connectivity index (χ3n) is 4.77. The van der Waals surface area contributed by atoms with Crippen molar-refractivity contribution in [2.75, 3.05) is 6.26 Å². The van der Waals surface area contributed by atoms with Crippen LogP contribution in [0.15, 0.2) is 70.1 Å². The fourth-order valence-electron chi connectivity index (χ4n) is 3.21. The van der Waals surface area contributed by atoms with E-state index in [-0.39, 0.29) is 5.82 Å². The minimum absolute atomic E-state index is 0.189. The van der Waals surface area contributed by atoms with Crippen LogP contribution < -0.4 is 0 Å². The van der Waals surface area contributed by atoms with E-state index in [4.69, 9.17) is 9.63 Å². The lowest BCUT2D eigenvalue weighted by Gasteiger charge is -2.11. The molecule has 7 heteroatoms. The van der Waals surface area contributed by atoms with E-state index in [0.29, 0.717) is 11.5 Å². The predicted molar refractivity (Wildman–Crippen MR) is 114 cm³/mol. The van der Waals surface area contributed by atoms with Crippen LogP contribution in [0.2, 0.25) is 0 Å². The van der Waals surface area contributed by atoms with E-state index in [1.54, 1.807) is 11.8 Å². The van der Waals surface area contributed by atoms with E-state index >= 15 is 0 Å². The van der Waals surface area contributed by atoms with Gasteiger partial charge in [0.15, 0.2) is 0 Å². The first kappa shape index (κ1) is 19.8. The number of aromatic carboxylic acids is 1. The molecule has 0 saturated carbocycles. The highest BCUT2D eigenvalue weighted by atomic mass is 32.2. The fraction of sp³-hybridized carbons (Fsp3) is 0.0870. The predicted octanol–water partition coefficient (Wildman–Crippen LogP) is 5.94. The van der Waals surface area contributed by atoms with E-state index in [9.17, 15) is 9.18 Å². The topological polar surface area (TPSA) is 76.2 Å². The Balaban J connectivity index is 1.69. The molecule has 0 aliphatic rings. The summed E-state index contributed by atoms with van der Waals surface area (Å²) in [5.41, 5.74) is 4.16. The zero-order valence-corrected chi connectivity index (χ0v) is 17.0. The molecule has 4 rings (SSSR count). The Hall–Kier alpha value is -3.45. The molecule has 30 heavy (non-hydrogen) atoms. The van der Waals surface area contributed by atoms with Gasteiger partial charge >= 0.3 is 5.97 Å². The number of benzene rings is 3. The van der Waals surface area contributed by atoms with E-state index < -0.39 is 17.3 Å². The van der Waals surface area contributed by atoms with Gasteiger partial charge in [-0.1, -0.05) is 35.5 Å². The number of hydrogen-bond acceptors (Lipinski definition) is 5.